The fourth-order valence-corrected chi connectivity index (χ4v) is 2.77. The Balaban J connectivity index is 2.61. The van der Waals surface area contributed by atoms with E-state index in [2.05, 4.69) is 9.46 Å². The van der Waals surface area contributed by atoms with Crippen molar-refractivity contribution in [1.82, 2.24) is 0 Å². The van der Waals surface area contributed by atoms with Crippen LogP contribution in [0.4, 0.5) is 5.69 Å². The molecule has 0 amide bonds. The number of hydrogen-bond acceptors (Lipinski definition) is 6. The van der Waals surface area contributed by atoms with Crippen molar-refractivity contribution in [3.8, 4) is 0 Å². The number of rotatable bonds is 7. The zero-order valence-electron chi connectivity index (χ0n) is 14.3. The van der Waals surface area contributed by atoms with Gasteiger partial charge in [0.2, 0.25) is 10.0 Å². The van der Waals surface area contributed by atoms with Crippen molar-refractivity contribution in [3.05, 3.63) is 29.8 Å². The van der Waals surface area contributed by atoms with E-state index in [4.69, 9.17) is 4.74 Å². The number of sulfonamides is 1. The first-order valence-corrected chi connectivity index (χ1v) is 9.04. The Morgan fingerprint density at radius 1 is 1.08 bits per heavy atom. The molecule has 134 valence electrons. The maximum atomic E-state index is 12.0. The zero-order chi connectivity index (χ0) is 18.4. The van der Waals surface area contributed by atoms with Gasteiger partial charge in [0.15, 0.2) is 5.75 Å². The average Bonchev–Trinajstić information content (AvgIpc) is 2.42. The SMILES string of the molecule is COC(=O)CCc1ccc(NS(=O)(=O)CC(=O)OC(C)(C)C)cc1. The molecule has 0 fully saturated rings. The molecule has 24 heavy (non-hydrogen) atoms. The van der Waals surface area contributed by atoms with Gasteiger partial charge in [-0.25, -0.2) is 8.42 Å². The Morgan fingerprint density at radius 3 is 2.17 bits per heavy atom. The van der Waals surface area contributed by atoms with E-state index in [1.54, 1.807) is 45.0 Å². The van der Waals surface area contributed by atoms with E-state index < -0.39 is 27.3 Å². The van der Waals surface area contributed by atoms with E-state index in [0.29, 0.717) is 12.1 Å². The van der Waals surface area contributed by atoms with Crippen molar-refractivity contribution in [1.29, 1.82) is 0 Å². The van der Waals surface area contributed by atoms with E-state index in [-0.39, 0.29) is 12.4 Å². The maximum Gasteiger partial charge on any atom is 0.323 e. The van der Waals surface area contributed by atoms with Crippen molar-refractivity contribution in [2.45, 2.75) is 39.2 Å². The van der Waals surface area contributed by atoms with E-state index in [9.17, 15) is 18.0 Å². The van der Waals surface area contributed by atoms with Crippen LogP contribution in [0, 0.1) is 0 Å². The number of aryl methyl sites for hydroxylation is 1. The standard InChI is InChI=1S/C16H23NO6S/c1-16(2,3)23-15(19)11-24(20,21)17-13-8-5-12(6-9-13)7-10-14(18)22-4/h5-6,8-9,17H,7,10-11H2,1-4H3. The third-order valence-electron chi connectivity index (χ3n) is 2.80. The molecule has 0 atom stereocenters. The topological polar surface area (TPSA) is 98.8 Å². The molecule has 0 bridgehead atoms. The molecular weight excluding hydrogens is 334 g/mol. The van der Waals surface area contributed by atoms with Crippen molar-refractivity contribution >= 4 is 27.6 Å². The number of carbonyl (C=O) groups excluding carboxylic acids is 2. The number of esters is 2. The minimum atomic E-state index is -3.85. The van der Waals surface area contributed by atoms with Crippen molar-refractivity contribution in [3.63, 3.8) is 0 Å². The third-order valence-corrected chi connectivity index (χ3v) is 3.96. The smallest absolute Gasteiger partial charge is 0.323 e. The lowest BCUT2D eigenvalue weighted by atomic mass is 10.1. The second kappa shape index (κ2) is 8.14. The summed E-state index contributed by atoms with van der Waals surface area (Å²) in [7, 11) is -2.52. The molecule has 0 aliphatic heterocycles. The van der Waals surface area contributed by atoms with Gasteiger partial charge in [-0.1, -0.05) is 12.1 Å². The molecular formula is C16H23NO6S. The second-order valence-electron chi connectivity index (χ2n) is 6.22. The number of benzene rings is 1. The van der Waals surface area contributed by atoms with Crippen molar-refractivity contribution in [2.24, 2.45) is 0 Å². The highest BCUT2D eigenvalue weighted by atomic mass is 32.2. The van der Waals surface area contributed by atoms with Crippen LogP contribution in [-0.4, -0.2) is 38.8 Å². The number of hydrogen-bond donors (Lipinski definition) is 1. The van der Waals surface area contributed by atoms with Gasteiger partial charge in [-0.15, -0.1) is 0 Å². The molecule has 0 heterocycles. The van der Waals surface area contributed by atoms with Crippen LogP contribution < -0.4 is 4.72 Å². The Bertz CT molecular complexity index is 674. The van der Waals surface area contributed by atoms with Gasteiger partial charge in [0.25, 0.3) is 0 Å². The van der Waals surface area contributed by atoms with Crippen LogP contribution in [0.3, 0.4) is 0 Å². The molecule has 1 aromatic rings. The first-order chi connectivity index (χ1) is 11.0. The van der Waals surface area contributed by atoms with Crippen molar-refractivity contribution in [2.75, 3.05) is 17.6 Å². The van der Waals surface area contributed by atoms with Gasteiger partial charge in [0, 0.05) is 12.1 Å². The van der Waals surface area contributed by atoms with Crippen LogP contribution in [0.25, 0.3) is 0 Å². The molecule has 0 unspecified atom stereocenters. The summed E-state index contributed by atoms with van der Waals surface area (Å²) in [6.07, 6.45) is 0.748. The molecule has 0 saturated carbocycles. The van der Waals surface area contributed by atoms with Gasteiger partial charge in [0.1, 0.15) is 5.60 Å². The molecule has 8 heteroatoms. The van der Waals surface area contributed by atoms with Gasteiger partial charge in [-0.2, -0.15) is 0 Å². The molecule has 0 saturated heterocycles. The molecule has 0 aliphatic rings. The molecule has 0 aromatic heterocycles. The molecule has 0 aliphatic carbocycles. The Labute approximate surface area is 142 Å². The summed E-state index contributed by atoms with van der Waals surface area (Å²) in [5.74, 6) is -1.88. The lowest BCUT2D eigenvalue weighted by molar-refractivity contribution is -0.151. The Morgan fingerprint density at radius 2 is 1.67 bits per heavy atom. The predicted octanol–water partition coefficient (Wildman–Crippen LogP) is 1.88. The average molecular weight is 357 g/mol. The van der Waals surface area contributed by atoms with E-state index in [0.717, 1.165) is 5.56 Å². The van der Waals surface area contributed by atoms with Gasteiger partial charge < -0.3 is 9.47 Å². The minimum absolute atomic E-state index is 0.250. The molecule has 1 N–H and O–H groups in total. The summed E-state index contributed by atoms with van der Waals surface area (Å²) < 4.78 is 35.8. The lowest BCUT2D eigenvalue weighted by Gasteiger charge is -2.19. The number of nitrogens with one attached hydrogen (secondary N) is 1. The number of anilines is 1. The van der Waals surface area contributed by atoms with E-state index in [1.807, 2.05) is 0 Å². The summed E-state index contributed by atoms with van der Waals surface area (Å²) in [5, 5.41) is 0. The molecule has 1 rings (SSSR count). The largest absolute Gasteiger partial charge is 0.469 e. The van der Waals surface area contributed by atoms with Crippen LogP contribution in [0.15, 0.2) is 24.3 Å². The molecule has 0 radical (unpaired) electrons. The summed E-state index contributed by atoms with van der Waals surface area (Å²) in [5.41, 5.74) is 0.462. The maximum absolute atomic E-state index is 12.0. The fourth-order valence-electron chi connectivity index (χ4n) is 1.83. The highest BCUT2D eigenvalue weighted by molar-refractivity contribution is 7.93. The Hall–Kier alpha value is -2.09. The highest BCUT2D eigenvalue weighted by Gasteiger charge is 2.22. The van der Waals surface area contributed by atoms with E-state index in [1.165, 1.54) is 7.11 Å². The third kappa shape index (κ3) is 7.96. The minimum Gasteiger partial charge on any atom is -0.469 e. The quantitative estimate of drug-likeness (QED) is 0.748. The summed E-state index contributed by atoms with van der Waals surface area (Å²) >= 11 is 0. The second-order valence-corrected chi connectivity index (χ2v) is 7.94. The Kier molecular flexibility index (Phi) is 6.77. The summed E-state index contributed by atoms with van der Waals surface area (Å²) in [6, 6.07) is 6.54. The number of ether oxygens (including phenoxy) is 2. The number of carbonyl (C=O) groups is 2. The lowest BCUT2D eigenvalue weighted by Crippen LogP contribution is -2.30. The number of methoxy groups -OCH3 is 1. The summed E-state index contributed by atoms with van der Waals surface area (Å²) in [4.78, 5) is 22.7. The van der Waals surface area contributed by atoms with Crippen LogP contribution in [0.2, 0.25) is 0 Å². The first-order valence-electron chi connectivity index (χ1n) is 7.39. The highest BCUT2D eigenvalue weighted by Crippen LogP contribution is 2.14. The van der Waals surface area contributed by atoms with Gasteiger partial charge >= 0.3 is 11.9 Å². The molecule has 0 spiro atoms. The van der Waals surface area contributed by atoms with Crippen LogP contribution in [0.5, 0.6) is 0 Å². The van der Waals surface area contributed by atoms with Crippen LogP contribution in [0.1, 0.15) is 32.8 Å². The zero-order valence-corrected chi connectivity index (χ0v) is 15.1. The van der Waals surface area contributed by atoms with E-state index >= 15 is 0 Å². The van der Waals surface area contributed by atoms with Crippen molar-refractivity contribution < 1.29 is 27.5 Å². The van der Waals surface area contributed by atoms with Gasteiger partial charge in [-0.3, -0.25) is 14.3 Å². The predicted molar refractivity (Wildman–Crippen MR) is 90.0 cm³/mol. The van der Waals surface area contributed by atoms with Crippen LogP contribution in [-0.2, 0) is 35.5 Å². The molecule has 1 aromatic carbocycles. The van der Waals surface area contributed by atoms with Gasteiger partial charge in [0.05, 0.1) is 7.11 Å². The summed E-state index contributed by atoms with van der Waals surface area (Å²) in [6.45, 7) is 4.99. The first kappa shape index (κ1) is 20.0. The normalized spacial score (nSPS) is 11.7. The van der Waals surface area contributed by atoms with Gasteiger partial charge in [-0.05, 0) is 44.9 Å². The fraction of sp³-hybridized carbons (Fsp3) is 0.500. The van der Waals surface area contributed by atoms with Crippen LogP contribution >= 0.6 is 0 Å². The monoisotopic (exact) mass is 357 g/mol. The molecule has 7 nitrogen and oxygen atoms in total.